The number of rotatable bonds is 6. The van der Waals surface area contributed by atoms with Crippen LogP contribution in [0.1, 0.15) is 53.9 Å². The highest BCUT2D eigenvalue weighted by atomic mass is 15.3. The number of hydrogen-bond donors (Lipinski definition) is 1. The lowest BCUT2D eigenvalue weighted by Crippen LogP contribution is -2.44. The molecule has 15 heavy (non-hydrogen) atoms. The average molecular weight is 213 g/mol. The summed E-state index contributed by atoms with van der Waals surface area (Å²) in [6, 6.07) is 0.761. The van der Waals surface area contributed by atoms with E-state index in [1.165, 1.54) is 12.8 Å². The van der Waals surface area contributed by atoms with Gasteiger partial charge < -0.3 is 10.6 Å². The van der Waals surface area contributed by atoms with Crippen LogP contribution in [0.15, 0.2) is 4.99 Å². The summed E-state index contributed by atoms with van der Waals surface area (Å²) >= 11 is 0. The van der Waals surface area contributed by atoms with Gasteiger partial charge in [0.25, 0.3) is 0 Å². The summed E-state index contributed by atoms with van der Waals surface area (Å²) < 4.78 is 0. The molecule has 0 fully saturated rings. The Bertz CT molecular complexity index is 187. The van der Waals surface area contributed by atoms with Gasteiger partial charge in [0.15, 0.2) is 5.96 Å². The molecule has 0 aromatic carbocycles. The highest BCUT2D eigenvalue weighted by Gasteiger charge is 2.13. The van der Waals surface area contributed by atoms with E-state index >= 15 is 0 Å². The second kappa shape index (κ2) is 7.55. The zero-order valence-corrected chi connectivity index (χ0v) is 11.0. The smallest absolute Gasteiger partial charge is 0.191 e. The summed E-state index contributed by atoms with van der Waals surface area (Å²) in [6.07, 6.45) is 3.48. The molecule has 2 N–H and O–H groups in total. The quantitative estimate of drug-likeness (QED) is 0.544. The van der Waals surface area contributed by atoms with Crippen molar-refractivity contribution in [1.82, 2.24) is 4.90 Å². The third-order valence-electron chi connectivity index (χ3n) is 2.56. The first-order valence-corrected chi connectivity index (χ1v) is 6.12. The Morgan fingerprint density at radius 3 is 2.27 bits per heavy atom. The van der Waals surface area contributed by atoms with Gasteiger partial charge in [0.05, 0.1) is 0 Å². The van der Waals surface area contributed by atoms with Crippen LogP contribution in [-0.4, -0.2) is 29.5 Å². The molecule has 0 saturated carbocycles. The molecule has 0 aromatic heterocycles. The van der Waals surface area contributed by atoms with Crippen molar-refractivity contribution in [2.75, 3.05) is 6.54 Å². The van der Waals surface area contributed by atoms with E-state index < -0.39 is 0 Å². The van der Waals surface area contributed by atoms with Crippen LogP contribution in [0.4, 0.5) is 0 Å². The van der Waals surface area contributed by atoms with Crippen molar-refractivity contribution in [2.45, 2.75) is 66.0 Å². The SMILES string of the molecule is CCCCN(C(N)=NC(C)C)C(C)CC. The minimum atomic E-state index is 0.276. The number of nitrogens with two attached hydrogens (primary N) is 1. The molecule has 0 saturated heterocycles. The maximum absolute atomic E-state index is 6.01. The molecule has 3 nitrogen and oxygen atoms in total. The molecule has 1 atom stereocenters. The van der Waals surface area contributed by atoms with Crippen LogP contribution in [0.25, 0.3) is 0 Å². The second-order valence-electron chi connectivity index (χ2n) is 4.39. The van der Waals surface area contributed by atoms with Crippen LogP contribution in [-0.2, 0) is 0 Å². The average Bonchev–Trinajstić information content (AvgIpc) is 2.16. The normalized spacial score (nSPS) is 14.4. The summed E-state index contributed by atoms with van der Waals surface area (Å²) in [5.41, 5.74) is 6.01. The summed E-state index contributed by atoms with van der Waals surface area (Å²) in [4.78, 5) is 6.65. The maximum Gasteiger partial charge on any atom is 0.191 e. The highest BCUT2D eigenvalue weighted by Crippen LogP contribution is 2.06. The van der Waals surface area contributed by atoms with Crippen molar-refractivity contribution in [3.8, 4) is 0 Å². The summed E-state index contributed by atoms with van der Waals surface area (Å²) in [6.45, 7) is 11.7. The van der Waals surface area contributed by atoms with Crippen LogP contribution in [0.2, 0.25) is 0 Å². The third-order valence-corrected chi connectivity index (χ3v) is 2.56. The standard InChI is InChI=1S/C12H27N3/c1-6-8-9-15(11(5)7-2)12(13)14-10(3)4/h10-11H,6-9H2,1-5H3,(H2,13,14). The number of hydrogen-bond acceptors (Lipinski definition) is 1. The van der Waals surface area contributed by atoms with Gasteiger partial charge in [-0.15, -0.1) is 0 Å². The third kappa shape index (κ3) is 5.65. The molecule has 0 radical (unpaired) electrons. The summed E-state index contributed by atoms with van der Waals surface area (Å²) in [5.74, 6) is 0.702. The summed E-state index contributed by atoms with van der Waals surface area (Å²) in [7, 11) is 0. The number of guanidine groups is 1. The zero-order chi connectivity index (χ0) is 11.8. The van der Waals surface area contributed by atoms with Crippen LogP contribution in [0, 0.1) is 0 Å². The topological polar surface area (TPSA) is 41.6 Å². The first-order chi connectivity index (χ1) is 7.02. The lowest BCUT2D eigenvalue weighted by atomic mass is 10.2. The fourth-order valence-corrected chi connectivity index (χ4v) is 1.45. The lowest BCUT2D eigenvalue weighted by molar-refractivity contribution is 0.312. The van der Waals surface area contributed by atoms with Gasteiger partial charge in [-0.3, -0.25) is 4.99 Å². The van der Waals surface area contributed by atoms with Crippen molar-refractivity contribution in [3.63, 3.8) is 0 Å². The Hall–Kier alpha value is -0.730. The van der Waals surface area contributed by atoms with Crippen molar-refractivity contribution in [1.29, 1.82) is 0 Å². The molecule has 0 rings (SSSR count). The second-order valence-corrected chi connectivity index (χ2v) is 4.39. The van der Waals surface area contributed by atoms with E-state index in [4.69, 9.17) is 5.73 Å². The van der Waals surface area contributed by atoms with Crippen LogP contribution < -0.4 is 5.73 Å². The first-order valence-electron chi connectivity index (χ1n) is 6.12. The molecule has 3 heteroatoms. The van der Waals surface area contributed by atoms with Gasteiger partial charge in [-0.05, 0) is 33.6 Å². The molecular weight excluding hydrogens is 186 g/mol. The molecule has 0 aliphatic carbocycles. The summed E-state index contributed by atoms with van der Waals surface area (Å²) in [5, 5.41) is 0. The Kier molecular flexibility index (Phi) is 7.18. The van der Waals surface area contributed by atoms with Gasteiger partial charge in [-0.1, -0.05) is 20.3 Å². The Labute approximate surface area is 94.7 Å². The Morgan fingerprint density at radius 1 is 1.27 bits per heavy atom. The van der Waals surface area contributed by atoms with E-state index in [0.717, 1.165) is 13.0 Å². The van der Waals surface area contributed by atoms with E-state index in [9.17, 15) is 0 Å². The fourth-order valence-electron chi connectivity index (χ4n) is 1.45. The van der Waals surface area contributed by atoms with Gasteiger partial charge in [0.2, 0.25) is 0 Å². The molecular formula is C12H27N3. The molecule has 0 aliphatic heterocycles. The molecule has 0 aromatic rings. The highest BCUT2D eigenvalue weighted by molar-refractivity contribution is 5.78. The predicted molar refractivity (Wildman–Crippen MR) is 68.1 cm³/mol. The van der Waals surface area contributed by atoms with E-state index in [1.54, 1.807) is 0 Å². The maximum atomic E-state index is 6.01. The molecule has 90 valence electrons. The molecule has 0 amide bonds. The largest absolute Gasteiger partial charge is 0.370 e. The van der Waals surface area contributed by atoms with E-state index in [1.807, 2.05) is 0 Å². The van der Waals surface area contributed by atoms with E-state index in [2.05, 4.69) is 44.5 Å². The van der Waals surface area contributed by atoms with Gasteiger partial charge >= 0.3 is 0 Å². The van der Waals surface area contributed by atoms with Crippen LogP contribution in [0.5, 0.6) is 0 Å². The van der Waals surface area contributed by atoms with Crippen molar-refractivity contribution in [3.05, 3.63) is 0 Å². The number of nitrogens with zero attached hydrogens (tertiary/aromatic N) is 2. The van der Waals surface area contributed by atoms with Gasteiger partial charge in [0, 0.05) is 18.6 Å². The first kappa shape index (κ1) is 14.3. The molecule has 0 heterocycles. The Balaban J connectivity index is 4.46. The van der Waals surface area contributed by atoms with Crippen molar-refractivity contribution < 1.29 is 0 Å². The molecule has 0 spiro atoms. The fraction of sp³-hybridized carbons (Fsp3) is 0.917. The van der Waals surface area contributed by atoms with Gasteiger partial charge in [-0.2, -0.15) is 0 Å². The zero-order valence-electron chi connectivity index (χ0n) is 11.0. The molecule has 1 unspecified atom stereocenters. The van der Waals surface area contributed by atoms with Crippen molar-refractivity contribution in [2.24, 2.45) is 10.7 Å². The van der Waals surface area contributed by atoms with Gasteiger partial charge in [-0.25, -0.2) is 0 Å². The lowest BCUT2D eigenvalue weighted by Gasteiger charge is -2.29. The minimum Gasteiger partial charge on any atom is -0.370 e. The predicted octanol–water partition coefficient (Wildman–Crippen LogP) is 2.61. The van der Waals surface area contributed by atoms with Crippen LogP contribution in [0.3, 0.4) is 0 Å². The van der Waals surface area contributed by atoms with Crippen molar-refractivity contribution >= 4 is 5.96 Å². The minimum absolute atomic E-state index is 0.276. The Morgan fingerprint density at radius 2 is 1.87 bits per heavy atom. The number of aliphatic imine (C=N–C) groups is 1. The number of unbranched alkanes of at least 4 members (excludes halogenated alkanes) is 1. The van der Waals surface area contributed by atoms with Crippen LogP contribution >= 0.6 is 0 Å². The van der Waals surface area contributed by atoms with Gasteiger partial charge in [0.1, 0.15) is 0 Å². The van der Waals surface area contributed by atoms with E-state index in [-0.39, 0.29) is 6.04 Å². The monoisotopic (exact) mass is 213 g/mol. The molecule has 0 bridgehead atoms. The van der Waals surface area contributed by atoms with E-state index in [0.29, 0.717) is 12.0 Å². The molecule has 0 aliphatic rings.